The number of nitrogens with one attached hydrogen (secondary N) is 1. The zero-order valence-corrected chi connectivity index (χ0v) is 15.7. The van der Waals surface area contributed by atoms with Gasteiger partial charge in [0, 0.05) is 4.88 Å². The molecule has 0 saturated carbocycles. The van der Waals surface area contributed by atoms with Crippen LogP contribution in [0.3, 0.4) is 0 Å². The Morgan fingerprint density at radius 3 is 2.56 bits per heavy atom. The number of carbonyl (C=O) groups is 1. The van der Waals surface area contributed by atoms with Gasteiger partial charge in [-0.05, 0) is 68.0 Å². The first kappa shape index (κ1) is 18.0. The van der Waals surface area contributed by atoms with Gasteiger partial charge in [-0.25, -0.2) is 4.79 Å². The summed E-state index contributed by atoms with van der Waals surface area (Å²) in [4.78, 5) is 12.6. The van der Waals surface area contributed by atoms with Crippen molar-refractivity contribution in [2.75, 3.05) is 6.61 Å². The van der Waals surface area contributed by atoms with Crippen molar-refractivity contribution in [1.29, 1.82) is 0 Å². The van der Waals surface area contributed by atoms with Gasteiger partial charge in [0.15, 0.2) is 0 Å². The van der Waals surface area contributed by atoms with E-state index in [-0.39, 0.29) is 11.6 Å². The first-order valence-corrected chi connectivity index (χ1v) is 10.1. The number of aryl methyl sites for hydroxylation is 3. The maximum absolute atomic E-state index is 11.2. The lowest BCUT2D eigenvalue weighted by atomic mass is 9.97. The van der Waals surface area contributed by atoms with Crippen LogP contribution in [0.1, 0.15) is 48.6 Å². The second-order valence-corrected chi connectivity index (χ2v) is 8.23. The zero-order valence-electron chi connectivity index (χ0n) is 14.9. The number of alkyl carbamates (subject to hydrolysis) is 1. The molecule has 1 fully saturated rings. The SMILES string of the molecule is CC1(CCc2cc(CCCCCc3ccccc3)cs2)COC(=O)N1. The Hall–Kier alpha value is -1.81. The number of thiophene rings is 1. The summed E-state index contributed by atoms with van der Waals surface area (Å²) in [6, 6.07) is 13.1. The molecule has 1 aliphatic rings. The maximum Gasteiger partial charge on any atom is 0.407 e. The van der Waals surface area contributed by atoms with Crippen LogP contribution >= 0.6 is 11.3 Å². The largest absolute Gasteiger partial charge is 0.447 e. The lowest BCUT2D eigenvalue weighted by molar-refractivity contribution is 0.172. The van der Waals surface area contributed by atoms with Crippen LogP contribution in [0.2, 0.25) is 0 Å². The number of cyclic esters (lactones) is 1. The van der Waals surface area contributed by atoms with E-state index in [1.807, 2.05) is 11.3 Å². The summed E-state index contributed by atoms with van der Waals surface area (Å²) < 4.78 is 5.02. The predicted molar refractivity (Wildman–Crippen MR) is 103 cm³/mol. The lowest BCUT2D eigenvalue weighted by Gasteiger charge is -2.19. The van der Waals surface area contributed by atoms with E-state index in [9.17, 15) is 4.79 Å². The van der Waals surface area contributed by atoms with Crippen LogP contribution in [0.25, 0.3) is 0 Å². The highest BCUT2D eigenvalue weighted by molar-refractivity contribution is 7.10. The van der Waals surface area contributed by atoms with Gasteiger partial charge in [0.05, 0.1) is 5.54 Å². The number of hydrogen-bond acceptors (Lipinski definition) is 3. The fourth-order valence-corrected chi connectivity index (χ4v) is 4.17. The minimum atomic E-state index is -0.287. The van der Waals surface area contributed by atoms with Crippen LogP contribution < -0.4 is 5.32 Å². The molecule has 134 valence electrons. The molecule has 2 aromatic rings. The van der Waals surface area contributed by atoms with E-state index >= 15 is 0 Å². The second-order valence-electron chi connectivity index (χ2n) is 7.23. The van der Waals surface area contributed by atoms with Crippen molar-refractivity contribution in [2.24, 2.45) is 0 Å². The summed E-state index contributed by atoms with van der Waals surface area (Å²) >= 11 is 1.84. The third kappa shape index (κ3) is 5.60. The van der Waals surface area contributed by atoms with Gasteiger partial charge in [-0.2, -0.15) is 0 Å². The van der Waals surface area contributed by atoms with Gasteiger partial charge in [0.1, 0.15) is 6.61 Å². The molecule has 1 aliphatic heterocycles. The Morgan fingerprint density at radius 1 is 1.08 bits per heavy atom. The number of unbranched alkanes of at least 4 members (excludes halogenated alkanes) is 2. The molecule has 1 N–H and O–H groups in total. The molecule has 3 rings (SSSR count). The minimum absolute atomic E-state index is 0.210. The van der Waals surface area contributed by atoms with E-state index in [2.05, 4.69) is 54.0 Å². The molecular formula is C21H27NO2S. The Bertz CT molecular complexity index is 682. The molecule has 1 saturated heterocycles. The summed E-state index contributed by atoms with van der Waals surface area (Å²) in [6.45, 7) is 2.53. The molecule has 1 aromatic heterocycles. The zero-order chi connectivity index (χ0) is 17.5. The van der Waals surface area contributed by atoms with E-state index in [0.717, 1.165) is 12.8 Å². The number of rotatable bonds is 9. The highest BCUT2D eigenvalue weighted by Crippen LogP contribution is 2.24. The molecule has 1 amide bonds. The van der Waals surface area contributed by atoms with Crippen LogP contribution in [0.15, 0.2) is 41.8 Å². The topological polar surface area (TPSA) is 38.3 Å². The lowest BCUT2D eigenvalue weighted by Crippen LogP contribution is -2.40. The van der Waals surface area contributed by atoms with Crippen LogP contribution in [0, 0.1) is 0 Å². The van der Waals surface area contributed by atoms with Crippen LogP contribution in [-0.4, -0.2) is 18.2 Å². The standard InChI is InChI=1S/C21H27NO2S/c1-21(16-24-20(23)22-21)13-12-19-14-18(15-25-19)11-7-3-6-10-17-8-4-2-5-9-17/h2,4-5,8-9,14-15H,3,6-7,10-13,16H2,1H3,(H,22,23). The average Bonchev–Trinajstić information content (AvgIpc) is 3.20. The van der Waals surface area contributed by atoms with Gasteiger partial charge >= 0.3 is 6.09 Å². The maximum atomic E-state index is 11.2. The number of carbonyl (C=O) groups excluding carboxylic acids is 1. The van der Waals surface area contributed by atoms with Gasteiger partial charge in [-0.3, -0.25) is 0 Å². The fourth-order valence-electron chi connectivity index (χ4n) is 3.25. The molecule has 0 aliphatic carbocycles. The molecule has 25 heavy (non-hydrogen) atoms. The van der Waals surface area contributed by atoms with Crippen LogP contribution in [0.5, 0.6) is 0 Å². The van der Waals surface area contributed by atoms with E-state index in [0.29, 0.717) is 6.61 Å². The molecule has 1 aromatic carbocycles. The molecule has 3 nitrogen and oxygen atoms in total. The highest BCUT2D eigenvalue weighted by atomic mass is 32.1. The van der Waals surface area contributed by atoms with Crippen molar-refractivity contribution in [2.45, 2.75) is 57.4 Å². The van der Waals surface area contributed by atoms with E-state index < -0.39 is 0 Å². The first-order chi connectivity index (χ1) is 12.1. The van der Waals surface area contributed by atoms with E-state index in [1.54, 1.807) is 0 Å². The molecule has 2 heterocycles. The molecule has 0 spiro atoms. The molecule has 1 atom stereocenters. The summed E-state index contributed by atoms with van der Waals surface area (Å²) in [6.07, 6.45) is 7.79. The van der Waals surface area contributed by atoms with Crippen molar-refractivity contribution in [3.8, 4) is 0 Å². The van der Waals surface area contributed by atoms with Crippen molar-refractivity contribution in [3.05, 3.63) is 57.8 Å². The summed E-state index contributed by atoms with van der Waals surface area (Å²) in [5, 5.41) is 5.20. The Balaban J connectivity index is 1.34. The smallest absolute Gasteiger partial charge is 0.407 e. The average molecular weight is 358 g/mol. The van der Waals surface area contributed by atoms with Gasteiger partial charge in [0.25, 0.3) is 0 Å². The third-order valence-electron chi connectivity index (χ3n) is 4.83. The number of hydrogen-bond donors (Lipinski definition) is 1. The summed E-state index contributed by atoms with van der Waals surface area (Å²) in [7, 11) is 0. The van der Waals surface area contributed by atoms with Crippen molar-refractivity contribution < 1.29 is 9.53 Å². The molecule has 1 unspecified atom stereocenters. The Labute approximate surface area is 154 Å². The van der Waals surface area contributed by atoms with Gasteiger partial charge in [0.2, 0.25) is 0 Å². The number of benzene rings is 1. The first-order valence-electron chi connectivity index (χ1n) is 9.18. The van der Waals surface area contributed by atoms with Crippen LogP contribution in [-0.2, 0) is 24.0 Å². The monoisotopic (exact) mass is 357 g/mol. The molecule has 0 radical (unpaired) electrons. The minimum Gasteiger partial charge on any atom is -0.447 e. The normalized spacial score (nSPS) is 19.6. The fraction of sp³-hybridized carbons (Fsp3) is 0.476. The quantitative estimate of drug-likeness (QED) is 0.632. The second kappa shape index (κ2) is 8.52. The highest BCUT2D eigenvalue weighted by Gasteiger charge is 2.34. The number of amides is 1. The Kier molecular flexibility index (Phi) is 6.14. The predicted octanol–water partition coefficient (Wildman–Crippen LogP) is 5.13. The molecule has 4 heteroatoms. The summed E-state index contributed by atoms with van der Waals surface area (Å²) in [5.41, 5.74) is 2.69. The van der Waals surface area contributed by atoms with E-state index in [4.69, 9.17) is 4.74 Å². The van der Waals surface area contributed by atoms with Crippen molar-refractivity contribution in [1.82, 2.24) is 5.32 Å². The van der Waals surface area contributed by atoms with Gasteiger partial charge in [-0.15, -0.1) is 11.3 Å². The van der Waals surface area contributed by atoms with Gasteiger partial charge in [-0.1, -0.05) is 36.8 Å². The third-order valence-corrected chi connectivity index (χ3v) is 5.88. The van der Waals surface area contributed by atoms with E-state index in [1.165, 1.54) is 48.1 Å². The van der Waals surface area contributed by atoms with Crippen molar-refractivity contribution >= 4 is 17.4 Å². The van der Waals surface area contributed by atoms with Crippen LogP contribution in [0.4, 0.5) is 4.79 Å². The van der Waals surface area contributed by atoms with Gasteiger partial charge < -0.3 is 10.1 Å². The molecular weight excluding hydrogens is 330 g/mol. The Morgan fingerprint density at radius 2 is 1.84 bits per heavy atom. The summed E-state index contributed by atoms with van der Waals surface area (Å²) in [5.74, 6) is 0. The number of ether oxygens (including phenoxy) is 1. The molecule has 0 bridgehead atoms. The van der Waals surface area contributed by atoms with Crippen molar-refractivity contribution in [3.63, 3.8) is 0 Å².